The largest absolute Gasteiger partial charge is 0.325 e. The number of nitrogens with one attached hydrogen (secondary N) is 1. The molecule has 0 spiro atoms. The van der Waals surface area contributed by atoms with E-state index in [1.807, 2.05) is 53.9 Å². The summed E-state index contributed by atoms with van der Waals surface area (Å²) in [5.74, 6) is 0.593. The van der Waals surface area contributed by atoms with Crippen molar-refractivity contribution in [1.29, 1.82) is 5.26 Å². The zero-order valence-electron chi connectivity index (χ0n) is 15.0. The Labute approximate surface area is 177 Å². The van der Waals surface area contributed by atoms with E-state index in [-0.39, 0.29) is 12.3 Å². The number of carbonyl (C=O) groups excluding carboxylic acids is 1. The molecule has 0 saturated heterocycles. The molecule has 0 bridgehead atoms. The SMILES string of the molecule is N#CCCSc1ccccc1NC(=O)Cc1csc(Cc2cccc(Cl)c2)n1. The van der Waals surface area contributed by atoms with Crippen molar-refractivity contribution in [3.8, 4) is 6.07 Å². The first-order chi connectivity index (χ1) is 13.6. The summed E-state index contributed by atoms with van der Waals surface area (Å²) < 4.78 is 0. The van der Waals surface area contributed by atoms with Crippen molar-refractivity contribution in [2.24, 2.45) is 0 Å². The van der Waals surface area contributed by atoms with Gasteiger partial charge in [-0.15, -0.1) is 23.1 Å². The van der Waals surface area contributed by atoms with Gasteiger partial charge in [-0.05, 0) is 29.8 Å². The molecule has 1 aromatic heterocycles. The summed E-state index contributed by atoms with van der Waals surface area (Å²) >= 11 is 9.14. The van der Waals surface area contributed by atoms with Crippen molar-refractivity contribution < 1.29 is 4.79 Å². The molecule has 3 aromatic rings. The first-order valence-corrected chi connectivity index (χ1v) is 10.9. The third kappa shape index (κ3) is 6.10. The van der Waals surface area contributed by atoms with Crippen LogP contribution in [-0.4, -0.2) is 16.6 Å². The van der Waals surface area contributed by atoms with Crippen LogP contribution in [0.2, 0.25) is 5.02 Å². The predicted octanol–water partition coefficient (Wildman–Crippen LogP) is 5.57. The van der Waals surface area contributed by atoms with Crippen molar-refractivity contribution in [3.05, 3.63) is 75.2 Å². The molecule has 0 fully saturated rings. The van der Waals surface area contributed by atoms with E-state index in [9.17, 15) is 4.79 Å². The summed E-state index contributed by atoms with van der Waals surface area (Å²) in [5, 5.41) is 15.2. The maximum absolute atomic E-state index is 12.5. The summed E-state index contributed by atoms with van der Waals surface area (Å²) in [6, 6.07) is 17.5. The van der Waals surface area contributed by atoms with Crippen LogP contribution in [0.15, 0.2) is 58.8 Å². The van der Waals surface area contributed by atoms with Crippen LogP contribution >= 0.6 is 34.7 Å². The third-order valence-corrected chi connectivity index (χ3v) is 6.03. The lowest BCUT2D eigenvalue weighted by Gasteiger charge is -2.09. The van der Waals surface area contributed by atoms with Gasteiger partial charge in [-0.1, -0.05) is 35.9 Å². The van der Waals surface area contributed by atoms with Gasteiger partial charge in [0, 0.05) is 33.9 Å². The van der Waals surface area contributed by atoms with Crippen LogP contribution in [0.4, 0.5) is 5.69 Å². The number of nitrogens with zero attached hydrogens (tertiary/aromatic N) is 2. The molecule has 142 valence electrons. The standard InChI is InChI=1S/C21H18ClN3OS2/c22-16-6-3-5-15(11-16)12-21-24-17(14-28-21)13-20(26)25-18-7-1-2-8-19(18)27-10-4-9-23/h1-3,5-8,11,14H,4,10,12-13H2,(H,25,26). The Morgan fingerprint density at radius 3 is 2.93 bits per heavy atom. The molecule has 3 rings (SSSR count). The van der Waals surface area contributed by atoms with Crippen LogP contribution in [0.3, 0.4) is 0 Å². The molecule has 1 heterocycles. The quantitative estimate of drug-likeness (QED) is 0.376. The molecule has 0 atom stereocenters. The zero-order valence-corrected chi connectivity index (χ0v) is 17.4. The Morgan fingerprint density at radius 1 is 1.25 bits per heavy atom. The number of thiazole rings is 1. The fourth-order valence-electron chi connectivity index (χ4n) is 2.59. The van der Waals surface area contributed by atoms with Crippen molar-refractivity contribution in [1.82, 2.24) is 4.98 Å². The number of rotatable bonds is 8. The van der Waals surface area contributed by atoms with E-state index in [0.717, 1.165) is 26.8 Å². The second-order valence-electron chi connectivity index (χ2n) is 6.02. The predicted molar refractivity (Wildman–Crippen MR) is 116 cm³/mol. The van der Waals surface area contributed by atoms with Crippen molar-refractivity contribution in [2.75, 3.05) is 11.1 Å². The van der Waals surface area contributed by atoms with E-state index in [2.05, 4.69) is 16.4 Å². The normalized spacial score (nSPS) is 10.4. The molecule has 0 aliphatic carbocycles. The molecule has 1 amide bonds. The lowest BCUT2D eigenvalue weighted by atomic mass is 10.2. The molecule has 0 aliphatic heterocycles. The first kappa shape index (κ1) is 20.4. The molecule has 2 aromatic carbocycles. The molecule has 7 heteroatoms. The number of hydrogen-bond acceptors (Lipinski definition) is 5. The Kier molecular flexibility index (Phi) is 7.49. The van der Waals surface area contributed by atoms with Gasteiger partial charge >= 0.3 is 0 Å². The number of carbonyl (C=O) groups is 1. The Bertz CT molecular complexity index is 997. The van der Waals surface area contributed by atoms with E-state index < -0.39 is 0 Å². The molecule has 28 heavy (non-hydrogen) atoms. The number of benzene rings is 2. The summed E-state index contributed by atoms with van der Waals surface area (Å²) in [4.78, 5) is 18.0. The number of hydrogen-bond donors (Lipinski definition) is 1. The summed E-state index contributed by atoms with van der Waals surface area (Å²) in [6.07, 6.45) is 1.40. The van der Waals surface area contributed by atoms with Crippen molar-refractivity contribution in [3.63, 3.8) is 0 Å². The highest BCUT2D eigenvalue weighted by atomic mass is 35.5. The minimum atomic E-state index is -0.104. The van der Waals surface area contributed by atoms with Gasteiger partial charge in [0.1, 0.15) is 0 Å². The van der Waals surface area contributed by atoms with E-state index in [0.29, 0.717) is 23.6 Å². The van der Waals surface area contributed by atoms with Gasteiger partial charge < -0.3 is 5.32 Å². The van der Waals surface area contributed by atoms with Gasteiger partial charge in [-0.2, -0.15) is 5.26 Å². The summed E-state index contributed by atoms with van der Waals surface area (Å²) in [5.41, 5.74) is 2.63. The highest BCUT2D eigenvalue weighted by Gasteiger charge is 2.11. The van der Waals surface area contributed by atoms with Crippen molar-refractivity contribution >= 4 is 46.3 Å². The molecule has 0 radical (unpaired) electrons. The molecule has 1 N–H and O–H groups in total. The van der Waals surface area contributed by atoms with Gasteiger partial charge in [0.25, 0.3) is 0 Å². The van der Waals surface area contributed by atoms with Crippen LogP contribution in [0.5, 0.6) is 0 Å². The first-order valence-electron chi connectivity index (χ1n) is 8.70. The smallest absolute Gasteiger partial charge is 0.230 e. The maximum Gasteiger partial charge on any atom is 0.230 e. The van der Waals surface area contributed by atoms with Gasteiger partial charge in [-0.3, -0.25) is 4.79 Å². The average Bonchev–Trinajstić information content (AvgIpc) is 3.10. The number of thioether (sulfide) groups is 1. The average molecular weight is 428 g/mol. The number of aromatic nitrogens is 1. The molecular formula is C21H18ClN3OS2. The highest BCUT2D eigenvalue weighted by Crippen LogP contribution is 2.27. The highest BCUT2D eigenvalue weighted by molar-refractivity contribution is 7.99. The van der Waals surface area contributed by atoms with Gasteiger partial charge in [0.15, 0.2) is 0 Å². The second kappa shape index (κ2) is 10.3. The molecular weight excluding hydrogens is 410 g/mol. The molecule has 0 aliphatic rings. The fraction of sp³-hybridized carbons (Fsp3) is 0.190. The molecule has 0 saturated carbocycles. The maximum atomic E-state index is 12.5. The molecule has 4 nitrogen and oxygen atoms in total. The minimum Gasteiger partial charge on any atom is -0.325 e. The van der Waals surface area contributed by atoms with E-state index in [4.69, 9.17) is 16.9 Å². The van der Waals surface area contributed by atoms with E-state index >= 15 is 0 Å². The van der Waals surface area contributed by atoms with Gasteiger partial charge in [0.2, 0.25) is 5.91 Å². The lowest BCUT2D eigenvalue weighted by molar-refractivity contribution is -0.115. The van der Waals surface area contributed by atoms with E-state index in [1.165, 1.54) is 0 Å². The van der Waals surface area contributed by atoms with Crippen LogP contribution in [0.1, 0.15) is 22.7 Å². The topological polar surface area (TPSA) is 65.8 Å². The number of anilines is 1. The minimum absolute atomic E-state index is 0.104. The second-order valence-corrected chi connectivity index (χ2v) is 8.53. The van der Waals surface area contributed by atoms with Crippen LogP contribution in [0.25, 0.3) is 0 Å². The summed E-state index contributed by atoms with van der Waals surface area (Å²) in [7, 11) is 0. The van der Waals surface area contributed by atoms with Gasteiger partial charge in [0.05, 0.1) is 28.9 Å². The lowest BCUT2D eigenvalue weighted by Crippen LogP contribution is -2.15. The van der Waals surface area contributed by atoms with Crippen molar-refractivity contribution in [2.45, 2.75) is 24.2 Å². The van der Waals surface area contributed by atoms with Gasteiger partial charge in [-0.25, -0.2) is 4.98 Å². The summed E-state index contributed by atoms with van der Waals surface area (Å²) in [6.45, 7) is 0. The Morgan fingerprint density at radius 2 is 2.11 bits per heavy atom. The fourth-order valence-corrected chi connectivity index (χ4v) is 4.50. The van der Waals surface area contributed by atoms with Crippen LogP contribution < -0.4 is 5.32 Å². The zero-order chi connectivity index (χ0) is 19.8. The van der Waals surface area contributed by atoms with E-state index in [1.54, 1.807) is 23.1 Å². The third-order valence-electron chi connectivity index (χ3n) is 3.82. The Balaban J connectivity index is 1.59. The van der Waals surface area contributed by atoms with Crippen LogP contribution in [0, 0.1) is 11.3 Å². The number of nitriles is 1. The monoisotopic (exact) mass is 427 g/mol. The Hall–Kier alpha value is -2.33. The number of para-hydroxylation sites is 1. The van der Waals surface area contributed by atoms with Crippen LogP contribution in [-0.2, 0) is 17.6 Å². The number of amides is 1. The number of halogens is 1. The molecule has 0 unspecified atom stereocenters.